The molecule has 184 valence electrons. The van der Waals surface area contributed by atoms with Crippen LogP contribution in [0.5, 0.6) is 5.75 Å². The summed E-state index contributed by atoms with van der Waals surface area (Å²) in [5.41, 5.74) is 0.768. The van der Waals surface area contributed by atoms with E-state index in [1.165, 1.54) is 24.2 Å². The Morgan fingerprint density at radius 1 is 1.15 bits per heavy atom. The smallest absolute Gasteiger partial charge is 0.409 e. The molecule has 8 nitrogen and oxygen atoms in total. The Balaban J connectivity index is 1.43. The standard InChI is InChI=1S/C25H32N2O6S/c1-4-32-21(28)14-34-25(19-10-18(31-3)5-6-20(19)27(2)22(25)29)26-23(30)33-24-11-15-7-16(12-24)9-17(8-15)13-24/h5-6,10,15-17H,4,7-9,11-14H2,1-3H3,(H,26,30)/t15?,16?,17?,24?,25-/m1/s1. The molecule has 1 N–H and O–H groups in total. The monoisotopic (exact) mass is 488 g/mol. The van der Waals surface area contributed by atoms with Gasteiger partial charge in [-0.05, 0) is 81.4 Å². The van der Waals surface area contributed by atoms with Crippen LogP contribution < -0.4 is 15.0 Å². The number of thioether (sulfide) groups is 1. The Hall–Kier alpha value is -2.42. The molecule has 4 aliphatic carbocycles. The molecule has 0 saturated heterocycles. The number of alkyl carbamates (subject to hydrolysis) is 1. The minimum atomic E-state index is -1.51. The van der Waals surface area contributed by atoms with Crippen LogP contribution in [0, 0.1) is 17.8 Å². The largest absolute Gasteiger partial charge is 0.497 e. The summed E-state index contributed by atoms with van der Waals surface area (Å²) in [7, 11) is 3.21. The van der Waals surface area contributed by atoms with Gasteiger partial charge in [0.2, 0.25) is 0 Å². The zero-order valence-corrected chi connectivity index (χ0v) is 20.7. The number of fused-ring (bicyclic) bond motifs is 1. The number of esters is 1. The molecule has 0 spiro atoms. The summed E-state index contributed by atoms with van der Waals surface area (Å²) in [6.07, 6.45) is 5.78. The van der Waals surface area contributed by atoms with E-state index in [4.69, 9.17) is 14.2 Å². The SMILES string of the molecule is CCOC(=O)CS[C@@]1(NC(=O)OC23CC4CC(CC(C4)C2)C3)C(=O)N(C)c2ccc(OC)cc21. The van der Waals surface area contributed by atoms with Crippen molar-refractivity contribution in [3.05, 3.63) is 23.8 Å². The third-order valence-corrected chi connectivity index (χ3v) is 9.14. The van der Waals surface area contributed by atoms with Gasteiger partial charge < -0.3 is 19.1 Å². The normalized spacial score (nSPS) is 33.0. The molecule has 1 heterocycles. The molecule has 9 heteroatoms. The molecule has 1 aromatic rings. The maximum atomic E-state index is 13.6. The summed E-state index contributed by atoms with van der Waals surface area (Å²) in [4.78, 5) is 39.2. The number of rotatable bonds is 7. The molecule has 0 radical (unpaired) electrons. The molecule has 4 bridgehead atoms. The Labute approximate surface area is 204 Å². The molecular formula is C25H32N2O6S. The van der Waals surface area contributed by atoms with E-state index in [0.717, 1.165) is 31.0 Å². The number of likely N-dealkylation sites (N-methyl/N-ethyl adjacent to an activating group) is 1. The van der Waals surface area contributed by atoms with E-state index in [9.17, 15) is 14.4 Å². The number of hydrogen-bond acceptors (Lipinski definition) is 7. The highest BCUT2D eigenvalue weighted by Crippen LogP contribution is 2.57. The Kier molecular flexibility index (Phi) is 5.94. The van der Waals surface area contributed by atoms with Crippen molar-refractivity contribution in [1.29, 1.82) is 0 Å². The highest BCUT2D eigenvalue weighted by atomic mass is 32.2. The van der Waals surface area contributed by atoms with E-state index in [-0.39, 0.29) is 18.3 Å². The summed E-state index contributed by atoms with van der Waals surface area (Å²) in [6, 6.07) is 5.28. The second-order valence-electron chi connectivity index (χ2n) is 10.1. The molecule has 1 aliphatic heterocycles. The summed E-state index contributed by atoms with van der Waals surface area (Å²) in [5.74, 6) is 1.53. The van der Waals surface area contributed by atoms with Gasteiger partial charge in [-0.3, -0.25) is 14.9 Å². The van der Waals surface area contributed by atoms with Crippen molar-refractivity contribution in [3.8, 4) is 5.75 Å². The first kappa shape index (κ1) is 23.3. The average Bonchev–Trinajstić information content (AvgIpc) is 2.98. The van der Waals surface area contributed by atoms with Crippen LogP contribution in [0.3, 0.4) is 0 Å². The zero-order chi connectivity index (χ0) is 24.1. The number of amides is 2. The Morgan fingerprint density at radius 2 is 1.79 bits per heavy atom. The van der Waals surface area contributed by atoms with Crippen molar-refractivity contribution < 1.29 is 28.6 Å². The maximum absolute atomic E-state index is 13.6. The van der Waals surface area contributed by atoms with Crippen LogP contribution in [0.4, 0.5) is 10.5 Å². The number of benzene rings is 1. The quantitative estimate of drug-likeness (QED) is 0.461. The second kappa shape index (κ2) is 8.66. The van der Waals surface area contributed by atoms with Crippen LogP contribution in [-0.2, 0) is 23.9 Å². The van der Waals surface area contributed by atoms with Crippen LogP contribution in [-0.4, -0.2) is 50.1 Å². The summed E-state index contributed by atoms with van der Waals surface area (Å²) in [6.45, 7) is 1.97. The molecule has 0 unspecified atom stereocenters. The van der Waals surface area contributed by atoms with Gasteiger partial charge in [0.15, 0.2) is 4.87 Å². The third kappa shape index (κ3) is 3.91. The highest BCUT2D eigenvalue weighted by molar-refractivity contribution is 8.01. The fourth-order valence-electron chi connectivity index (χ4n) is 6.87. The van der Waals surface area contributed by atoms with Gasteiger partial charge in [-0.2, -0.15) is 0 Å². The topological polar surface area (TPSA) is 94.2 Å². The number of ether oxygens (including phenoxy) is 3. The van der Waals surface area contributed by atoms with E-state index >= 15 is 0 Å². The van der Waals surface area contributed by atoms with Gasteiger partial charge >= 0.3 is 12.1 Å². The first-order chi connectivity index (χ1) is 16.3. The van der Waals surface area contributed by atoms with Gasteiger partial charge in [0.25, 0.3) is 5.91 Å². The summed E-state index contributed by atoms with van der Waals surface area (Å²) >= 11 is 1.04. The van der Waals surface area contributed by atoms with Crippen LogP contribution >= 0.6 is 11.8 Å². The van der Waals surface area contributed by atoms with Gasteiger partial charge in [0.1, 0.15) is 11.4 Å². The molecule has 2 amide bonds. The van der Waals surface area contributed by atoms with Gasteiger partial charge in [0, 0.05) is 12.6 Å². The van der Waals surface area contributed by atoms with E-state index in [1.54, 1.807) is 39.3 Å². The molecule has 0 aromatic heterocycles. The van der Waals surface area contributed by atoms with Crippen molar-refractivity contribution in [3.63, 3.8) is 0 Å². The molecule has 5 aliphatic rings. The van der Waals surface area contributed by atoms with Gasteiger partial charge in [0.05, 0.1) is 25.2 Å². The summed E-state index contributed by atoms with van der Waals surface area (Å²) < 4.78 is 16.6. The minimum absolute atomic E-state index is 0.0955. The van der Waals surface area contributed by atoms with E-state index in [2.05, 4.69) is 5.32 Å². The lowest BCUT2D eigenvalue weighted by atomic mass is 9.54. The zero-order valence-electron chi connectivity index (χ0n) is 19.9. The number of nitrogens with zero attached hydrogens (tertiary/aromatic N) is 1. The minimum Gasteiger partial charge on any atom is -0.497 e. The van der Waals surface area contributed by atoms with E-state index in [1.807, 2.05) is 0 Å². The second-order valence-corrected chi connectivity index (χ2v) is 11.3. The van der Waals surface area contributed by atoms with Crippen molar-refractivity contribution in [2.45, 2.75) is 55.9 Å². The molecule has 1 aromatic carbocycles. The molecular weight excluding hydrogens is 456 g/mol. The third-order valence-electron chi connectivity index (χ3n) is 7.83. The van der Waals surface area contributed by atoms with Crippen molar-refractivity contribution in [2.75, 3.05) is 31.4 Å². The number of carbonyl (C=O) groups is 3. The number of hydrogen-bond donors (Lipinski definition) is 1. The fraction of sp³-hybridized carbons (Fsp3) is 0.640. The highest BCUT2D eigenvalue weighted by Gasteiger charge is 2.56. The van der Waals surface area contributed by atoms with Gasteiger partial charge in [-0.25, -0.2) is 4.79 Å². The Bertz CT molecular complexity index is 978. The van der Waals surface area contributed by atoms with Gasteiger partial charge in [-0.1, -0.05) is 0 Å². The van der Waals surface area contributed by atoms with E-state index in [0.29, 0.717) is 34.8 Å². The Morgan fingerprint density at radius 3 is 2.38 bits per heavy atom. The van der Waals surface area contributed by atoms with Crippen LogP contribution in [0.15, 0.2) is 18.2 Å². The predicted molar refractivity (Wildman–Crippen MR) is 128 cm³/mol. The lowest BCUT2D eigenvalue weighted by Crippen LogP contribution is -2.56. The van der Waals surface area contributed by atoms with Crippen LogP contribution in [0.25, 0.3) is 0 Å². The van der Waals surface area contributed by atoms with E-state index < -0.39 is 22.5 Å². The van der Waals surface area contributed by atoms with Gasteiger partial charge in [-0.15, -0.1) is 11.8 Å². The number of anilines is 1. The van der Waals surface area contributed by atoms with Crippen molar-refractivity contribution in [1.82, 2.24) is 5.32 Å². The fourth-order valence-corrected chi connectivity index (χ4v) is 8.02. The molecule has 4 saturated carbocycles. The average molecular weight is 489 g/mol. The molecule has 6 rings (SSSR count). The molecule has 4 fully saturated rings. The summed E-state index contributed by atoms with van der Waals surface area (Å²) in [5, 5.41) is 2.90. The van der Waals surface area contributed by atoms with Crippen LogP contribution in [0.2, 0.25) is 0 Å². The lowest BCUT2D eigenvalue weighted by Gasteiger charge is -2.55. The lowest BCUT2D eigenvalue weighted by molar-refractivity contribution is -0.139. The first-order valence-corrected chi connectivity index (χ1v) is 13.0. The first-order valence-electron chi connectivity index (χ1n) is 12.0. The number of nitrogens with one attached hydrogen (secondary N) is 1. The number of carbonyl (C=O) groups excluding carboxylic acids is 3. The number of methoxy groups -OCH3 is 1. The predicted octanol–water partition coefficient (Wildman–Crippen LogP) is 3.82. The molecule has 1 atom stereocenters. The molecule has 34 heavy (non-hydrogen) atoms. The van der Waals surface area contributed by atoms with Crippen LogP contribution in [0.1, 0.15) is 51.0 Å². The van der Waals surface area contributed by atoms with Crippen molar-refractivity contribution in [2.24, 2.45) is 17.8 Å². The maximum Gasteiger partial charge on any atom is 0.409 e. The van der Waals surface area contributed by atoms with Crippen molar-refractivity contribution >= 4 is 35.4 Å².